The van der Waals surface area contributed by atoms with Crippen LogP contribution >= 0.6 is 0 Å². The Morgan fingerprint density at radius 2 is 1.30 bits per heavy atom. The van der Waals surface area contributed by atoms with Crippen LogP contribution in [0.5, 0.6) is 11.5 Å². The number of methoxy groups -OCH3 is 2. The molecule has 0 aliphatic heterocycles. The summed E-state index contributed by atoms with van der Waals surface area (Å²) in [5.41, 5.74) is 4.57. The lowest BCUT2D eigenvalue weighted by Gasteiger charge is -2.08. The molecule has 0 bridgehead atoms. The average Bonchev–Trinajstić information content (AvgIpc) is 3.25. The van der Waals surface area contributed by atoms with Gasteiger partial charge in [-0.2, -0.15) is 0 Å². The van der Waals surface area contributed by atoms with E-state index in [1.807, 2.05) is 12.1 Å². The molecule has 0 saturated heterocycles. The Morgan fingerprint density at radius 3 is 1.78 bits per heavy atom. The Labute approximate surface area is 133 Å². The molecule has 0 aromatic heterocycles. The summed E-state index contributed by atoms with van der Waals surface area (Å²) in [6, 6.07) is 14.6. The molecule has 3 heteroatoms. The predicted molar refractivity (Wildman–Crippen MR) is 90.4 cm³/mol. The van der Waals surface area contributed by atoms with E-state index in [-0.39, 0.29) is 5.82 Å². The van der Waals surface area contributed by atoms with Crippen LogP contribution in [0.3, 0.4) is 0 Å². The van der Waals surface area contributed by atoms with Crippen molar-refractivity contribution in [3.8, 4) is 11.5 Å². The molecule has 0 fully saturated rings. The summed E-state index contributed by atoms with van der Waals surface area (Å²) < 4.78 is 23.9. The zero-order chi connectivity index (χ0) is 16.0. The molecule has 1 aliphatic carbocycles. The first-order valence-corrected chi connectivity index (χ1v) is 7.38. The first-order valence-electron chi connectivity index (χ1n) is 7.38. The van der Waals surface area contributed by atoms with Crippen molar-refractivity contribution in [1.29, 1.82) is 0 Å². The lowest BCUT2D eigenvalue weighted by molar-refractivity contribution is 0.410. The smallest absolute Gasteiger partial charge is 0.126 e. The fourth-order valence-electron chi connectivity index (χ4n) is 2.96. The van der Waals surface area contributed by atoms with Crippen LogP contribution in [0, 0.1) is 5.82 Å². The van der Waals surface area contributed by atoms with Gasteiger partial charge in [-0.1, -0.05) is 12.1 Å². The van der Waals surface area contributed by atoms with Gasteiger partial charge >= 0.3 is 0 Å². The van der Waals surface area contributed by atoms with E-state index in [0.29, 0.717) is 0 Å². The molecule has 0 heterocycles. The van der Waals surface area contributed by atoms with Crippen molar-refractivity contribution in [2.75, 3.05) is 14.2 Å². The van der Waals surface area contributed by atoms with E-state index in [1.165, 1.54) is 28.8 Å². The van der Waals surface area contributed by atoms with Crippen LogP contribution in [0.2, 0.25) is 0 Å². The van der Waals surface area contributed by atoms with Crippen LogP contribution in [0.15, 0.2) is 48.5 Å². The van der Waals surface area contributed by atoms with E-state index in [0.717, 1.165) is 27.8 Å². The third-order valence-corrected chi connectivity index (χ3v) is 4.21. The third kappa shape index (κ3) is 2.25. The van der Waals surface area contributed by atoms with Gasteiger partial charge in [0.1, 0.15) is 17.3 Å². The highest BCUT2D eigenvalue weighted by atomic mass is 19.1. The summed E-state index contributed by atoms with van der Waals surface area (Å²) in [4.78, 5) is 0. The van der Waals surface area contributed by atoms with Gasteiger partial charge in [-0.25, -0.2) is 4.39 Å². The van der Waals surface area contributed by atoms with Gasteiger partial charge in [0.05, 0.1) is 14.2 Å². The van der Waals surface area contributed by atoms with E-state index in [2.05, 4.69) is 18.2 Å². The second kappa shape index (κ2) is 5.13. The van der Waals surface area contributed by atoms with Crippen molar-refractivity contribution in [1.82, 2.24) is 0 Å². The van der Waals surface area contributed by atoms with Crippen LogP contribution in [0.4, 0.5) is 4.39 Å². The maximum Gasteiger partial charge on any atom is 0.126 e. The SMILES string of the molecule is COc1ccc(OC)c2cc3c(cc12)C3=Cc1ccc(F)cc1. The van der Waals surface area contributed by atoms with Crippen molar-refractivity contribution in [2.24, 2.45) is 0 Å². The van der Waals surface area contributed by atoms with Crippen molar-refractivity contribution in [3.63, 3.8) is 0 Å². The molecule has 2 nitrogen and oxygen atoms in total. The number of hydrogen-bond donors (Lipinski definition) is 0. The van der Waals surface area contributed by atoms with Crippen molar-refractivity contribution in [3.05, 3.63) is 71.0 Å². The largest absolute Gasteiger partial charge is 0.496 e. The summed E-state index contributed by atoms with van der Waals surface area (Å²) in [7, 11) is 3.34. The monoisotopic (exact) mass is 306 g/mol. The number of fused-ring (bicyclic) bond motifs is 2. The first-order chi connectivity index (χ1) is 11.2. The highest BCUT2D eigenvalue weighted by molar-refractivity contribution is 6.13. The van der Waals surface area contributed by atoms with Crippen LogP contribution in [0.25, 0.3) is 22.4 Å². The van der Waals surface area contributed by atoms with Crippen molar-refractivity contribution >= 4 is 22.4 Å². The van der Waals surface area contributed by atoms with E-state index < -0.39 is 0 Å². The van der Waals surface area contributed by atoms with E-state index in [1.54, 1.807) is 26.4 Å². The standard InChI is InChI=1S/C20H15FO2/c1-22-19-7-8-20(23-2)18-11-16-14(15(16)10-17(18)19)9-12-3-5-13(21)6-4-12/h3-11H,1-2H3. The summed E-state index contributed by atoms with van der Waals surface area (Å²) in [5.74, 6) is 1.44. The number of benzene rings is 3. The van der Waals surface area contributed by atoms with Crippen molar-refractivity contribution < 1.29 is 13.9 Å². The zero-order valence-corrected chi connectivity index (χ0v) is 12.9. The Bertz CT molecular complexity index is 888. The lowest BCUT2D eigenvalue weighted by Crippen LogP contribution is -1.88. The Hall–Kier alpha value is -2.81. The van der Waals surface area contributed by atoms with Gasteiger partial charge in [0.2, 0.25) is 0 Å². The minimum Gasteiger partial charge on any atom is -0.496 e. The molecule has 23 heavy (non-hydrogen) atoms. The molecular weight excluding hydrogens is 291 g/mol. The van der Waals surface area contributed by atoms with Gasteiger partial charge < -0.3 is 9.47 Å². The highest BCUT2D eigenvalue weighted by Gasteiger charge is 2.27. The maximum atomic E-state index is 13.0. The summed E-state index contributed by atoms with van der Waals surface area (Å²) >= 11 is 0. The third-order valence-electron chi connectivity index (χ3n) is 4.21. The second-order valence-corrected chi connectivity index (χ2v) is 5.52. The predicted octanol–water partition coefficient (Wildman–Crippen LogP) is 4.90. The first kappa shape index (κ1) is 13.8. The molecular formula is C20H15FO2. The van der Waals surface area contributed by atoms with Crippen LogP contribution in [-0.2, 0) is 0 Å². The molecule has 0 radical (unpaired) electrons. The van der Waals surface area contributed by atoms with Crippen LogP contribution in [-0.4, -0.2) is 14.2 Å². The molecule has 0 spiro atoms. The minimum atomic E-state index is -0.222. The number of rotatable bonds is 3. The Kier molecular flexibility index (Phi) is 3.08. The molecule has 3 aromatic carbocycles. The van der Waals surface area contributed by atoms with Crippen LogP contribution in [0.1, 0.15) is 16.7 Å². The maximum absolute atomic E-state index is 13.0. The van der Waals surface area contributed by atoms with E-state index >= 15 is 0 Å². The van der Waals surface area contributed by atoms with Gasteiger partial charge in [-0.05, 0) is 64.7 Å². The fourth-order valence-corrected chi connectivity index (χ4v) is 2.96. The van der Waals surface area contributed by atoms with Gasteiger partial charge in [0.15, 0.2) is 0 Å². The molecule has 0 amide bonds. The topological polar surface area (TPSA) is 18.5 Å². The average molecular weight is 306 g/mol. The zero-order valence-electron chi connectivity index (χ0n) is 12.9. The molecule has 0 atom stereocenters. The molecule has 0 N–H and O–H groups in total. The molecule has 3 aromatic rings. The fraction of sp³-hybridized carbons (Fsp3) is 0.100. The van der Waals surface area contributed by atoms with Crippen LogP contribution < -0.4 is 9.47 Å². The summed E-state index contributed by atoms with van der Waals surface area (Å²) in [5, 5.41) is 2.07. The van der Waals surface area contributed by atoms with E-state index in [4.69, 9.17) is 9.47 Å². The summed E-state index contributed by atoms with van der Waals surface area (Å²) in [6.45, 7) is 0. The summed E-state index contributed by atoms with van der Waals surface area (Å²) in [6.07, 6.45) is 2.07. The Balaban J connectivity index is 1.83. The number of ether oxygens (including phenoxy) is 2. The molecule has 0 unspecified atom stereocenters. The molecule has 1 aliphatic rings. The van der Waals surface area contributed by atoms with Crippen molar-refractivity contribution in [2.45, 2.75) is 0 Å². The van der Waals surface area contributed by atoms with Gasteiger partial charge in [0.25, 0.3) is 0 Å². The Morgan fingerprint density at radius 1 is 0.783 bits per heavy atom. The van der Waals surface area contributed by atoms with E-state index in [9.17, 15) is 4.39 Å². The van der Waals surface area contributed by atoms with Gasteiger partial charge in [0, 0.05) is 10.8 Å². The normalized spacial score (nSPS) is 12.0. The minimum absolute atomic E-state index is 0.222. The molecule has 114 valence electrons. The lowest BCUT2D eigenvalue weighted by atomic mass is 10.1. The number of hydrogen-bond acceptors (Lipinski definition) is 2. The molecule has 0 saturated carbocycles. The van der Waals surface area contributed by atoms with Gasteiger partial charge in [-0.3, -0.25) is 0 Å². The quantitative estimate of drug-likeness (QED) is 0.536. The number of halogens is 1. The second-order valence-electron chi connectivity index (χ2n) is 5.52. The van der Waals surface area contributed by atoms with Gasteiger partial charge in [-0.15, -0.1) is 0 Å². The highest BCUT2D eigenvalue weighted by Crippen LogP contribution is 2.48. The molecule has 4 rings (SSSR count).